The molecule has 1 amide bonds. The molecule has 0 aliphatic rings. The highest BCUT2D eigenvalue weighted by atomic mass is 19.4. The number of carbonyl (C=O) groups excluding carboxylic acids is 1. The minimum Gasteiger partial charge on any atom is -0.326 e. The molecule has 0 saturated carbocycles. The lowest BCUT2D eigenvalue weighted by Crippen LogP contribution is -3.08. The Labute approximate surface area is 143 Å². The Morgan fingerprint density at radius 3 is 2.48 bits per heavy atom. The van der Waals surface area contributed by atoms with Crippen LogP contribution in [0.1, 0.15) is 16.7 Å². The molecular weight excluding hydrogens is 331 g/mol. The molecule has 130 valence electrons. The van der Waals surface area contributed by atoms with E-state index in [0.717, 1.165) is 17.0 Å². The highest BCUT2D eigenvalue weighted by Gasteiger charge is 2.30. The second-order valence-corrected chi connectivity index (χ2v) is 5.75. The highest BCUT2D eigenvalue weighted by Crippen LogP contribution is 2.28. The van der Waals surface area contributed by atoms with Crippen molar-refractivity contribution >= 4 is 11.6 Å². The van der Waals surface area contributed by atoms with E-state index < -0.39 is 11.7 Å². The molecule has 7 heteroatoms. The zero-order valence-corrected chi connectivity index (χ0v) is 13.5. The van der Waals surface area contributed by atoms with E-state index in [9.17, 15) is 18.0 Å². The number of hydrogen-bond acceptors (Lipinski definition) is 2. The lowest BCUT2D eigenvalue weighted by atomic mass is 10.1. The largest absolute Gasteiger partial charge is 0.416 e. The van der Waals surface area contributed by atoms with Gasteiger partial charge in [0, 0.05) is 11.3 Å². The van der Waals surface area contributed by atoms with Gasteiger partial charge in [0.2, 0.25) is 0 Å². The smallest absolute Gasteiger partial charge is 0.326 e. The van der Waals surface area contributed by atoms with Crippen molar-refractivity contribution in [1.29, 1.82) is 5.26 Å². The fourth-order valence-electron chi connectivity index (χ4n) is 2.37. The SMILES string of the molecule is C[NH+](CC(=O)Nc1cccc(C#N)c1)Cc1ccc(C(F)(F)F)cc1. The standard InChI is InChI=1S/C18H16F3N3O/c1-24(11-13-5-7-15(8-6-13)18(19,20)21)12-17(25)23-16-4-2-3-14(9-16)10-22/h2-9H,11-12H2,1H3,(H,23,25)/p+1. The summed E-state index contributed by atoms with van der Waals surface area (Å²) in [5, 5.41) is 11.5. The highest BCUT2D eigenvalue weighted by molar-refractivity contribution is 5.91. The molecule has 0 aromatic heterocycles. The van der Waals surface area contributed by atoms with Crippen LogP contribution in [0, 0.1) is 11.3 Å². The van der Waals surface area contributed by atoms with Crippen molar-refractivity contribution in [2.45, 2.75) is 12.7 Å². The van der Waals surface area contributed by atoms with Gasteiger partial charge in [-0.25, -0.2) is 0 Å². The molecule has 25 heavy (non-hydrogen) atoms. The lowest BCUT2D eigenvalue weighted by molar-refractivity contribution is -0.885. The number of nitrogens with zero attached hydrogens (tertiary/aromatic N) is 1. The number of benzene rings is 2. The Kier molecular flexibility index (Phi) is 5.78. The van der Waals surface area contributed by atoms with Gasteiger partial charge in [-0.15, -0.1) is 0 Å². The minimum atomic E-state index is -4.35. The van der Waals surface area contributed by atoms with Crippen molar-refractivity contribution in [3.63, 3.8) is 0 Å². The van der Waals surface area contributed by atoms with Gasteiger partial charge in [0.15, 0.2) is 6.54 Å². The number of likely N-dealkylation sites (N-methyl/N-ethyl adjacent to an activating group) is 1. The van der Waals surface area contributed by atoms with Crippen LogP contribution in [0.15, 0.2) is 48.5 Å². The van der Waals surface area contributed by atoms with E-state index in [1.165, 1.54) is 12.1 Å². The number of nitrogens with one attached hydrogen (secondary N) is 2. The number of alkyl halides is 3. The van der Waals surface area contributed by atoms with Crippen LogP contribution in [0.3, 0.4) is 0 Å². The fraction of sp³-hybridized carbons (Fsp3) is 0.222. The Bertz CT molecular complexity index is 779. The molecule has 1 atom stereocenters. The third kappa shape index (κ3) is 5.62. The number of halogens is 3. The van der Waals surface area contributed by atoms with Crippen LogP contribution in [0.25, 0.3) is 0 Å². The van der Waals surface area contributed by atoms with Crippen molar-refractivity contribution in [3.8, 4) is 6.07 Å². The number of carbonyl (C=O) groups is 1. The Morgan fingerprint density at radius 1 is 1.20 bits per heavy atom. The second-order valence-electron chi connectivity index (χ2n) is 5.75. The van der Waals surface area contributed by atoms with Gasteiger partial charge >= 0.3 is 6.18 Å². The molecule has 4 nitrogen and oxygen atoms in total. The summed E-state index contributed by atoms with van der Waals surface area (Å²) in [6.45, 7) is 0.571. The molecule has 0 aliphatic heterocycles. The molecule has 0 fully saturated rings. The van der Waals surface area contributed by atoms with Crippen LogP contribution in [0.2, 0.25) is 0 Å². The van der Waals surface area contributed by atoms with Crippen LogP contribution < -0.4 is 10.2 Å². The Balaban J connectivity index is 1.90. The van der Waals surface area contributed by atoms with Crippen molar-refractivity contribution in [2.75, 3.05) is 18.9 Å². The van der Waals surface area contributed by atoms with E-state index in [2.05, 4.69) is 5.32 Å². The molecule has 0 bridgehead atoms. The van der Waals surface area contributed by atoms with Crippen molar-refractivity contribution in [2.24, 2.45) is 0 Å². The van der Waals surface area contributed by atoms with Crippen LogP contribution in [-0.4, -0.2) is 19.5 Å². The summed E-state index contributed by atoms with van der Waals surface area (Å²) in [6, 6.07) is 13.5. The molecule has 0 saturated heterocycles. The number of hydrogen-bond donors (Lipinski definition) is 2. The van der Waals surface area contributed by atoms with E-state index in [1.807, 2.05) is 6.07 Å². The first kappa shape index (κ1) is 18.5. The number of nitriles is 1. The summed E-state index contributed by atoms with van der Waals surface area (Å²) in [6.07, 6.45) is -4.35. The molecule has 2 aromatic carbocycles. The van der Waals surface area contributed by atoms with Crippen LogP contribution in [0.5, 0.6) is 0 Å². The van der Waals surface area contributed by atoms with Gasteiger partial charge < -0.3 is 10.2 Å². The molecule has 2 N–H and O–H groups in total. The third-order valence-electron chi connectivity index (χ3n) is 3.52. The van der Waals surface area contributed by atoms with Gasteiger partial charge in [-0.3, -0.25) is 4.79 Å². The zero-order valence-electron chi connectivity index (χ0n) is 13.5. The molecule has 2 rings (SSSR count). The van der Waals surface area contributed by atoms with Crippen LogP contribution in [-0.2, 0) is 17.5 Å². The maximum atomic E-state index is 12.5. The quantitative estimate of drug-likeness (QED) is 0.871. The second kappa shape index (κ2) is 7.81. The number of anilines is 1. The van der Waals surface area contributed by atoms with Gasteiger partial charge in [0.25, 0.3) is 5.91 Å². The number of amides is 1. The number of rotatable bonds is 5. The maximum absolute atomic E-state index is 12.5. The van der Waals surface area contributed by atoms with Gasteiger partial charge in [0.05, 0.1) is 24.2 Å². The van der Waals surface area contributed by atoms with Crippen LogP contribution in [0.4, 0.5) is 18.9 Å². The average Bonchev–Trinajstić information content (AvgIpc) is 2.54. The Morgan fingerprint density at radius 2 is 1.88 bits per heavy atom. The van der Waals surface area contributed by atoms with Gasteiger partial charge in [-0.05, 0) is 30.3 Å². The Hall–Kier alpha value is -2.85. The molecule has 0 heterocycles. The first-order valence-electron chi connectivity index (χ1n) is 7.55. The molecule has 0 aliphatic carbocycles. The van der Waals surface area contributed by atoms with E-state index in [-0.39, 0.29) is 12.5 Å². The maximum Gasteiger partial charge on any atom is 0.416 e. The van der Waals surface area contributed by atoms with Gasteiger partial charge in [-0.2, -0.15) is 18.4 Å². The van der Waals surface area contributed by atoms with Crippen molar-refractivity contribution < 1.29 is 22.9 Å². The predicted molar refractivity (Wildman–Crippen MR) is 86.7 cm³/mol. The zero-order chi connectivity index (χ0) is 18.4. The molecular formula is C18H17F3N3O+. The van der Waals surface area contributed by atoms with E-state index >= 15 is 0 Å². The van der Waals surface area contributed by atoms with Crippen molar-refractivity contribution in [1.82, 2.24) is 0 Å². The molecule has 2 aromatic rings. The number of quaternary nitrogens is 1. The van der Waals surface area contributed by atoms with Crippen molar-refractivity contribution in [3.05, 3.63) is 65.2 Å². The van der Waals surface area contributed by atoms with E-state index in [4.69, 9.17) is 5.26 Å². The summed E-state index contributed by atoms with van der Waals surface area (Å²) in [5.74, 6) is -0.237. The summed E-state index contributed by atoms with van der Waals surface area (Å²) < 4.78 is 37.6. The average molecular weight is 348 g/mol. The molecule has 0 spiro atoms. The molecule has 0 radical (unpaired) electrons. The predicted octanol–water partition coefficient (Wildman–Crippen LogP) is 2.23. The normalized spacial score (nSPS) is 12.3. The third-order valence-corrected chi connectivity index (χ3v) is 3.52. The summed E-state index contributed by atoms with van der Waals surface area (Å²) >= 11 is 0. The fourth-order valence-corrected chi connectivity index (χ4v) is 2.37. The van der Waals surface area contributed by atoms with E-state index in [1.54, 1.807) is 31.3 Å². The first-order valence-corrected chi connectivity index (χ1v) is 7.55. The summed E-state index contributed by atoms with van der Waals surface area (Å²) in [5.41, 5.74) is 1.00. The summed E-state index contributed by atoms with van der Waals surface area (Å²) in [7, 11) is 1.78. The lowest BCUT2D eigenvalue weighted by Gasteiger charge is -2.14. The first-order chi connectivity index (χ1) is 11.8. The van der Waals surface area contributed by atoms with E-state index in [0.29, 0.717) is 23.4 Å². The minimum absolute atomic E-state index is 0.151. The van der Waals surface area contributed by atoms with Crippen LogP contribution >= 0.6 is 0 Å². The van der Waals surface area contributed by atoms with Gasteiger partial charge in [0.1, 0.15) is 6.54 Å². The topological polar surface area (TPSA) is 57.3 Å². The van der Waals surface area contributed by atoms with Gasteiger partial charge in [-0.1, -0.05) is 18.2 Å². The summed E-state index contributed by atoms with van der Waals surface area (Å²) in [4.78, 5) is 12.9. The molecule has 1 unspecified atom stereocenters. The monoisotopic (exact) mass is 348 g/mol.